The van der Waals surface area contributed by atoms with Crippen molar-refractivity contribution in [1.29, 1.82) is 0 Å². The number of hydrogen-bond acceptors (Lipinski definition) is 6. The van der Waals surface area contributed by atoms with Crippen LogP contribution in [0.4, 0.5) is 5.69 Å². The highest BCUT2D eigenvalue weighted by molar-refractivity contribution is 7.89. The Balaban J connectivity index is 1.46. The highest BCUT2D eigenvalue weighted by Gasteiger charge is 2.31. The first-order valence-electron chi connectivity index (χ1n) is 10.9. The number of hydrogen-bond donors (Lipinski definition) is 1. The molecule has 2 aliphatic rings. The number of aryl methyl sites for hydroxylation is 2. The fourth-order valence-electron chi connectivity index (χ4n) is 4.40. The molecule has 2 aromatic rings. The molecule has 0 saturated carbocycles. The Hall–Kier alpha value is -2.23. The predicted molar refractivity (Wildman–Crippen MR) is 117 cm³/mol. The SMILES string of the molecule is Cc1cc(C2CCCN2CC(=O)Nc2cc(S(=O)(=O)N3CCCCC3)ccc2C)on1. The van der Waals surface area contributed by atoms with Gasteiger partial charge in [0.05, 0.1) is 23.2 Å². The topological polar surface area (TPSA) is 95.8 Å². The fraction of sp³-hybridized carbons (Fsp3) is 0.545. The lowest BCUT2D eigenvalue weighted by Crippen LogP contribution is -2.35. The average Bonchev–Trinajstić information content (AvgIpc) is 3.38. The van der Waals surface area contributed by atoms with Gasteiger partial charge in [0.25, 0.3) is 0 Å². The molecule has 1 aromatic carbocycles. The molecule has 31 heavy (non-hydrogen) atoms. The second kappa shape index (κ2) is 9.10. The summed E-state index contributed by atoms with van der Waals surface area (Å²) in [6, 6.07) is 6.91. The highest BCUT2D eigenvalue weighted by Crippen LogP contribution is 2.32. The zero-order valence-corrected chi connectivity index (χ0v) is 19.0. The van der Waals surface area contributed by atoms with E-state index in [4.69, 9.17) is 4.52 Å². The number of piperidine rings is 1. The number of carbonyl (C=O) groups is 1. The molecule has 2 fully saturated rings. The largest absolute Gasteiger partial charge is 0.359 e. The first-order valence-corrected chi connectivity index (χ1v) is 12.4. The van der Waals surface area contributed by atoms with E-state index >= 15 is 0 Å². The molecule has 4 rings (SSSR count). The number of likely N-dealkylation sites (tertiary alicyclic amines) is 1. The van der Waals surface area contributed by atoms with E-state index in [0.29, 0.717) is 18.8 Å². The summed E-state index contributed by atoms with van der Waals surface area (Å²) in [5, 5.41) is 6.88. The minimum atomic E-state index is -3.55. The monoisotopic (exact) mass is 446 g/mol. The fourth-order valence-corrected chi connectivity index (χ4v) is 5.95. The van der Waals surface area contributed by atoms with Crippen LogP contribution in [-0.2, 0) is 14.8 Å². The summed E-state index contributed by atoms with van der Waals surface area (Å²) in [5.74, 6) is 0.618. The first kappa shape index (κ1) is 22.0. The number of amides is 1. The zero-order chi connectivity index (χ0) is 22.0. The molecular weight excluding hydrogens is 416 g/mol. The molecule has 1 N–H and O–H groups in total. The number of carbonyl (C=O) groups excluding carboxylic acids is 1. The van der Waals surface area contributed by atoms with E-state index in [2.05, 4.69) is 15.4 Å². The Bertz CT molecular complexity index is 1040. The lowest BCUT2D eigenvalue weighted by Gasteiger charge is -2.26. The smallest absolute Gasteiger partial charge is 0.243 e. The van der Waals surface area contributed by atoms with Gasteiger partial charge in [0.15, 0.2) is 5.76 Å². The number of benzene rings is 1. The third kappa shape index (κ3) is 4.83. The van der Waals surface area contributed by atoms with E-state index in [0.717, 1.165) is 55.7 Å². The van der Waals surface area contributed by atoms with Crippen LogP contribution in [0.25, 0.3) is 0 Å². The second-order valence-electron chi connectivity index (χ2n) is 8.49. The van der Waals surface area contributed by atoms with Gasteiger partial charge >= 0.3 is 0 Å². The molecule has 8 nitrogen and oxygen atoms in total. The molecule has 168 valence electrons. The van der Waals surface area contributed by atoms with Crippen LogP contribution in [0.3, 0.4) is 0 Å². The van der Waals surface area contributed by atoms with Crippen molar-refractivity contribution >= 4 is 21.6 Å². The minimum absolute atomic E-state index is 0.0406. The number of anilines is 1. The van der Waals surface area contributed by atoms with E-state index in [1.165, 1.54) is 0 Å². The van der Waals surface area contributed by atoms with Crippen LogP contribution >= 0.6 is 0 Å². The molecule has 1 atom stereocenters. The van der Waals surface area contributed by atoms with E-state index in [1.807, 2.05) is 19.9 Å². The van der Waals surface area contributed by atoms with E-state index in [1.54, 1.807) is 22.5 Å². The summed E-state index contributed by atoms with van der Waals surface area (Å²) in [7, 11) is -3.55. The van der Waals surface area contributed by atoms with Gasteiger partial charge in [-0.25, -0.2) is 8.42 Å². The highest BCUT2D eigenvalue weighted by atomic mass is 32.2. The van der Waals surface area contributed by atoms with Crippen molar-refractivity contribution < 1.29 is 17.7 Å². The van der Waals surface area contributed by atoms with Crippen LogP contribution in [-0.4, -0.2) is 54.9 Å². The Morgan fingerprint density at radius 3 is 2.61 bits per heavy atom. The van der Waals surface area contributed by atoms with Crippen LogP contribution in [0.1, 0.15) is 55.2 Å². The quantitative estimate of drug-likeness (QED) is 0.732. The second-order valence-corrected chi connectivity index (χ2v) is 10.4. The summed E-state index contributed by atoms with van der Waals surface area (Å²) >= 11 is 0. The van der Waals surface area contributed by atoms with Crippen molar-refractivity contribution in [3.05, 3.63) is 41.3 Å². The van der Waals surface area contributed by atoms with E-state index in [-0.39, 0.29) is 23.4 Å². The number of aromatic nitrogens is 1. The minimum Gasteiger partial charge on any atom is -0.359 e. The third-order valence-corrected chi connectivity index (χ3v) is 8.02. The molecule has 2 aliphatic heterocycles. The van der Waals surface area contributed by atoms with Gasteiger partial charge in [0, 0.05) is 24.8 Å². The molecular formula is C22H30N4O4S. The third-order valence-electron chi connectivity index (χ3n) is 6.12. The molecule has 0 radical (unpaired) electrons. The van der Waals surface area contributed by atoms with Gasteiger partial charge in [-0.3, -0.25) is 9.69 Å². The molecule has 9 heteroatoms. The molecule has 0 aliphatic carbocycles. The summed E-state index contributed by atoms with van der Waals surface area (Å²) < 4.78 is 33.0. The predicted octanol–water partition coefficient (Wildman–Crippen LogP) is 3.24. The van der Waals surface area contributed by atoms with Crippen molar-refractivity contribution in [1.82, 2.24) is 14.4 Å². The molecule has 3 heterocycles. The summed E-state index contributed by atoms with van der Waals surface area (Å²) in [6.07, 6.45) is 4.74. The number of nitrogens with one attached hydrogen (secondary N) is 1. The summed E-state index contributed by atoms with van der Waals surface area (Å²) in [5.41, 5.74) is 2.19. The first-order chi connectivity index (χ1) is 14.8. The van der Waals surface area contributed by atoms with Crippen molar-refractivity contribution in [3.8, 4) is 0 Å². The van der Waals surface area contributed by atoms with Crippen LogP contribution in [0.2, 0.25) is 0 Å². The van der Waals surface area contributed by atoms with Crippen LogP contribution in [0, 0.1) is 13.8 Å². The van der Waals surface area contributed by atoms with Gasteiger partial charge in [-0.15, -0.1) is 0 Å². The Labute approximate surface area is 183 Å². The van der Waals surface area contributed by atoms with E-state index in [9.17, 15) is 13.2 Å². The zero-order valence-electron chi connectivity index (χ0n) is 18.1. The van der Waals surface area contributed by atoms with Crippen molar-refractivity contribution in [2.45, 2.75) is 56.9 Å². The Kier molecular flexibility index (Phi) is 6.45. The van der Waals surface area contributed by atoms with Crippen LogP contribution in [0.15, 0.2) is 33.7 Å². The maximum absolute atomic E-state index is 13.0. The van der Waals surface area contributed by atoms with Gasteiger partial charge in [0.2, 0.25) is 15.9 Å². The number of nitrogens with zero attached hydrogens (tertiary/aromatic N) is 3. The lowest BCUT2D eigenvalue weighted by atomic mass is 10.1. The molecule has 1 amide bonds. The van der Waals surface area contributed by atoms with E-state index < -0.39 is 10.0 Å². The Morgan fingerprint density at radius 2 is 1.90 bits per heavy atom. The van der Waals surface area contributed by atoms with Gasteiger partial charge < -0.3 is 9.84 Å². The van der Waals surface area contributed by atoms with Gasteiger partial charge in [-0.1, -0.05) is 17.6 Å². The van der Waals surface area contributed by atoms with Crippen molar-refractivity contribution in [2.75, 3.05) is 31.5 Å². The molecule has 0 bridgehead atoms. The van der Waals surface area contributed by atoms with Gasteiger partial charge in [0.1, 0.15) is 0 Å². The Morgan fingerprint density at radius 1 is 1.13 bits per heavy atom. The maximum atomic E-state index is 13.0. The average molecular weight is 447 g/mol. The standard InChI is InChI=1S/C22H30N4O4S/c1-16-8-9-18(31(28,29)26-11-4-3-5-12-26)14-19(16)23-22(27)15-25-10-6-7-20(25)21-13-17(2)24-30-21/h8-9,13-14,20H,3-7,10-12,15H2,1-2H3,(H,23,27). The van der Waals surface area contributed by atoms with Crippen LogP contribution < -0.4 is 5.32 Å². The molecule has 1 unspecified atom stereocenters. The number of rotatable bonds is 6. The maximum Gasteiger partial charge on any atom is 0.243 e. The normalized spacial score (nSPS) is 20.8. The lowest BCUT2D eigenvalue weighted by molar-refractivity contribution is -0.117. The van der Waals surface area contributed by atoms with Crippen molar-refractivity contribution in [2.24, 2.45) is 0 Å². The summed E-state index contributed by atoms with van der Waals surface area (Å²) in [6.45, 7) is 5.87. The summed E-state index contributed by atoms with van der Waals surface area (Å²) in [4.78, 5) is 15.1. The molecule has 0 spiro atoms. The van der Waals surface area contributed by atoms with Crippen LogP contribution in [0.5, 0.6) is 0 Å². The molecule has 2 saturated heterocycles. The van der Waals surface area contributed by atoms with Crippen molar-refractivity contribution in [3.63, 3.8) is 0 Å². The number of sulfonamides is 1. The van der Waals surface area contributed by atoms with Gasteiger partial charge in [-0.2, -0.15) is 4.31 Å². The molecule has 1 aromatic heterocycles. The van der Waals surface area contributed by atoms with Gasteiger partial charge in [-0.05, 0) is 63.8 Å².